The standard InChI is InChI=1S/C11H16ClN3O2/c1-7-4-10(17-3)8(5-9(7)12)6-15(2)11(16)14-13/h4-5H,6,13H2,1-3H3,(H,14,16). The van der Waals surface area contributed by atoms with Crippen LogP contribution in [0.3, 0.4) is 0 Å². The minimum absolute atomic E-state index is 0.367. The van der Waals surface area contributed by atoms with Crippen LogP contribution in [0.2, 0.25) is 5.02 Å². The minimum atomic E-state index is -0.372. The smallest absolute Gasteiger partial charge is 0.331 e. The number of carbonyl (C=O) groups is 1. The molecule has 0 fully saturated rings. The quantitative estimate of drug-likeness (QED) is 0.492. The fourth-order valence-electron chi connectivity index (χ4n) is 1.45. The maximum Gasteiger partial charge on any atom is 0.331 e. The van der Waals surface area contributed by atoms with Gasteiger partial charge < -0.3 is 9.64 Å². The van der Waals surface area contributed by atoms with E-state index in [1.54, 1.807) is 20.2 Å². The minimum Gasteiger partial charge on any atom is -0.496 e. The largest absolute Gasteiger partial charge is 0.496 e. The number of halogens is 1. The molecule has 0 unspecified atom stereocenters. The number of hydrogen-bond donors (Lipinski definition) is 2. The molecule has 94 valence electrons. The number of aryl methyl sites for hydroxylation is 1. The molecule has 1 rings (SSSR count). The molecule has 2 amide bonds. The van der Waals surface area contributed by atoms with Crippen molar-refractivity contribution in [1.29, 1.82) is 0 Å². The molecule has 1 aromatic rings. The van der Waals surface area contributed by atoms with Gasteiger partial charge in [-0.2, -0.15) is 0 Å². The number of nitrogens with one attached hydrogen (secondary N) is 1. The Labute approximate surface area is 105 Å². The Morgan fingerprint density at radius 2 is 2.24 bits per heavy atom. The van der Waals surface area contributed by atoms with Gasteiger partial charge in [0.25, 0.3) is 0 Å². The van der Waals surface area contributed by atoms with Crippen molar-refractivity contribution in [1.82, 2.24) is 10.3 Å². The topological polar surface area (TPSA) is 67.6 Å². The molecule has 1 aromatic carbocycles. The molecule has 0 aromatic heterocycles. The predicted molar refractivity (Wildman–Crippen MR) is 66.9 cm³/mol. The second-order valence-corrected chi connectivity index (χ2v) is 4.13. The summed E-state index contributed by atoms with van der Waals surface area (Å²) in [6.45, 7) is 2.26. The number of methoxy groups -OCH3 is 1. The van der Waals surface area contributed by atoms with Crippen molar-refractivity contribution in [3.05, 3.63) is 28.3 Å². The van der Waals surface area contributed by atoms with E-state index >= 15 is 0 Å². The highest BCUT2D eigenvalue weighted by molar-refractivity contribution is 6.31. The van der Waals surface area contributed by atoms with Crippen LogP contribution in [0.25, 0.3) is 0 Å². The lowest BCUT2D eigenvalue weighted by molar-refractivity contribution is 0.206. The van der Waals surface area contributed by atoms with Crippen LogP contribution in [0, 0.1) is 6.92 Å². The summed E-state index contributed by atoms with van der Waals surface area (Å²) in [4.78, 5) is 12.7. The second kappa shape index (κ2) is 5.75. The summed E-state index contributed by atoms with van der Waals surface area (Å²) >= 11 is 6.04. The molecule has 17 heavy (non-hydrogen) atoms. The van der Waals surface area contributed by atoms with Gasteiger partial charge in [0.1, 0.15) is 5.75 Å². The Kier molecular flexibility index (Phi) is 4.60. The molecule has 3 N–H and O–H groups in total. The first-order chi connectivity index (χ1) is 7.99. The van der Waals surface area contributed by atoms with Gasteiger partial charge in [0.05, 0.1) is 13.7 Å². The van der Waals surface area contributed by atoms with E-state index in [9.17, 15) is 4.79 Å². The molecule has 0 atom stereocenters. The summed E-state index contributed by atoms with van der Waals surface area (Å²) < 4.78 is 5.25. The highest BCUT2D eigenvalue weighted by Gasteiger charge is 2.12. The lowest BCUT2D eigenvalue weighted by atomic mass is 10.1. The van der Waals surface area contributed by atoms with Gasteiger partial charge >= 0.3 is 6.03 Å². The molecule has 0 saturated heterocycles. The third-order valence-electron chi connectivity index (χ3n) is 2.44. The Hall–Kier alpha value is -1.46. The predicted octanol–water partition coefficient (Wildman–Crippen LogP) is 1.67. The Morgan fingerprint density at radius 3 is 2.76 bits per heavy atom. The first-order valence-corrected chi connectivity index (χ1v) is 5.42. The molecule has 0 aliphatic carbocycles. The number of amides is 2. The molecule has 0 radical (unpaired) electrons. The van der Waals surface area contributed by atoms with Crippen LogP contribution in [-0.4, -0.2) is 25.1 Å². The van der Waals surface area contributed by atoms with Crippen molar-refractivity contribution in [2.24, 2.45) is 5.84 Å². The van der Waals surface area contributed by atoms with Crippen molar-refractivity contribution in [2.45, 2.75) is 13.5 Å². The summed E-state index contributed by atoms with van der Waals surface area (Å²) in [5.41, 5.74) is 3.82. The fourth-order valence-corrected chi connectivity index (χ4v) is 1.63. The maximum atomic E-state index is 11.3. The molecule has 0 spiro atoms. The Bertz CT molecular complexity index is 423. The van der Waals surface area contributed by atoms with Crippen molar-refractivity contribution < 1.29 is 9.53 Å². The van der Waals surface area contributed by atoms with Crippen molar-refractivity contribution in [2.75, 3.05) is 14.2 Å². The zero-order valence-corrected chi connectivity index (χ0v) is 10.8. The lowest BCUT2D eigenvalue weighted by Gasteiger charge is -2.18. The molecular weight excluding hydrogens is 242 g/mol. The van der Waals surface area contributed by atoms with Crippen LogP contribution in [0.4, 0.5) is 4.79 Å². The van der Waals surface area contributed by atoms with Crippen LogP contribution >= 0.6 is 11.6 Å². The molecule has 0 saturated carbocycles. The van der Waals surface area contributed by atoms with E-state index < -0.39 is 0 Å². The molecule has 0 bridgehead atoms. The Balaban J connectivity index is 2.97. The third kappa shape index (κ3) is 3.25. The van der Waals surface area contributed by atoms with E-state index in [0.29, 0.717) is 17.3 Å². The van der Waals surface area contributed by atoms with Crippen molar-refractivity contribution >= 4 is 17.6 Å². The monoisotopic (exact) mass is 257 g/mol. The molecule has 5 nitrogen and oxygen atoms in total. The van der Waals surface area contributed by atoms with E-state index in [1.807, 2.05) is 13.0 Å². The van der Waals surface area contributed by atoms with Gasteiger partial charge in [-0.15, -0.1) is 0 Å². The number of benzene rings is 1. The normalized spacial score (nSPS) is 9.94. The summed E-state index contributed by atoms with van der Waals surface area (Å²) in [6, 6.07) is 3.26. The molecule has 0 aliphatic rings. The van der Waals surface area contributed by atoms with Crippen LogP contribution in [-0.2, 0) is 6.54 Å². The van der Waals surface area contributed by atoms with E-state index in [4.69, 9.17) is 22.2 Å². The Morgan fingerprint density at radius 1 is 1.59 bits per heavy atom. The number of nitrogens with zero attached hydrogens (tertiary/aromatic N) is 1. The first-order valence-electron chi connectivity index (χ1n) is 5.04. The third-order valence-corrected chi connectivity index (χ3v) is 2.85. The average Bonchev–Trinajstić information content (AvgIpc) is 2.32. The van der Waals surface area contributed by atoms with Gasteiger partial charge in [-0.05, 0) is 24.6 Å². The van der Waals surface area contributed by atoms with Crippen molar-refractivity contribution in [3.8, 4) is 5.75 Å². The number of ether oxygens (including phenoxy) is 1. The van der Waals surface area contributed by atoms with Gasteiger partial charge in [0, 0.05) is 17.6 Å². The SMILES string of the molecule is COc1cc(C)c(Cl)cc1CN(C)C(=O)NN. The van der Waals surface area contributed by atoms with E-state index in [0.717, 1.165) is 11.1 Å². The van der Waals surface area contributed by atoms with Gasteiger partial charge in [-0.1, -0.05) is 11.6 Å². The zero-order chi connectivity index (χ0) is 13.0. The van der Waals surface area contributed by atoms with Crippen molar-refractivity contribution in [3.63, 3.8) is 0 Å². The molecule has 0 aliphatic heterocycles. The van der Waals surface area contributed by atoms with E-state index in [-0.39, 0.29) is 6.03 Å². The number of hydrazine groups is 1. The fraction of sp³-hybridized carbons (Fsp3) is 0.364. The lowest BCUT2D eigenvalue weighted by Crippen LogP contribution is -2.40. The van der Waals surface area contributed by atoms with E-state index in [1.165, 1.54) is 4.90 Å². The van der Waals surface area contributed by atoms with Gasteiger partial charge in [-0.25, -0.2) is 10.6 Å². The van der Waals surface area contributed by atoms with Crippen LogP contribution in [0.5, 0.6) is 5.75 Å². The summed E-state index contributed by atoms with van der Waals surface area (Å²) in [7, 11) is 3.21. The molecule has 6 heteroatoms. The van der Waals surface area contributed by atoms with Crippen LogP contribution in [0.1, 0.15) is 11.1 Å². The highest BCUT2D eigenvalue weighted by Crippen LogP contribution is 2.27. The number of carbonyl (C=O) groups excluding carboxylic acids is 1. The number of rotatable bonds is 3. The summed E-state index contributed by atoms with van der Waals surface area (Å²) in [6.07, 6.45) is 0. The first kappa shape index (κ1) is 13.6. The number of nitrogens with two attached hydrogens (primary N) is 1. The zero-order valence-electron chi connectivity index (χ0n) is 10.1. The van der Waals surface area contributed by atoms with Gasteiger partial charge in [-0.3, -0.25) is 5.43 Å². The molecular formula is C11H16ClN3O2. The second-order valence-electron chi connectivity index (χ2n) is 3.72. The van der Waals surface area contributed by atoms with Crippen LogP contribution in [0.15, 0.2) is 12.1 Å². The average molecular weight is 258 g/mol. The van der Waals surface area contributed by atoms with Gasteiger partial charge in [0.2, 0.25) is 0 Å². The van der Waals surface area contributed by atoms with Crippen LogP contribution < -0.4 is 16.0 Å². The van der Waals surface area contributed by atoms with Gasteiger partial charge in [0.15, 0.2) is 0 Å². The summed E-state index contributed by atoms with van der Waals surface area (Å²) in [5, 5.41) is 0.641. The number of hydrogen-bond acceptors (Lipinski definition) is 3. The maximum absolute atomic E-state index is 11.3. The molecule has 0 heterocycles. The summed E-state index contributed by atoms with van der Waals surface area (Å²) in [5.74, 6) is 5.75. The number of urea groups is 1. The van der Waals surface area contributed by atoms with E-state index in [2.05, 4.69) is 5.43 Å². The highest BCUT2D eigenvalue weighted by atomic mass is 35.5.